The van der Waals surface area contributed by atoms with Crippen LogP contribution in [0.15, 0.2) is 124 Å². The normalized spacial score (nSPS) is 12.8. The zero-order valence-electron chi connectivity index (χ0n) is 28.2. The van der Waals surface area contributed by atoms with E-state index in [4.69, 9.17) is 4.74 Å². The summed E-state index contributed by atoms with van der Waals surface area (Å²) in [5.41, 5.74) is 4.28. The number of anilines is 2. The second kappa shape index (κ2) is 17.5. The maximum atomic E-state index is 13.5. The van der Waals surface area contributed by atoms with Crippen LogP contribution in [0.1, 0.15) is 42.3 Å². The Labute approximate surface area is 318 Å². The van der Waals surface area contributed by atoms with Gasteiger partial charge in [0.25, 0.3) is 11.8 Å². The number of methoxy groups -OCH3 is 1. The van der Waals surface area contributed by atoms with E-state index in [0.717, 1.165) is 38.5 Å². The molecule has 264 valence electrons. The van der Waals surface area contributed by atoms with Crippen LogP contribution < -0.4 is 16.0 Å². The number of fused-ring (bicyclic) bond motifs is 1. The molecule has 4 aromatic carbocycles. The lowest BCUT2D eigenvalue weighted by Crippen LogP contribution is -2.30. The first-order valence-corrected chi connectivity index (χ1v) is 19.0. The first-order valence-electron chi connectivity index (χ1n) is 16.4. The number of halogens is 1. The average Bonchev–Trinajstić information content (AvgIpc) is 3.51. The van der Waals surface area contributed by atoms with Gasteiger partial charge < -0.3 is 20.7 Å². The van der Waals surface area contributed by atoms with Crippen molar-refractivity contribution in [3.63, 3.8) is 0 Å². The van der Waals surface area contributed by atoms with Gasteiger partial charge in [-0.25, -0.2) is 4.79 Å². The minimum atomic E-state index is -0.508. The molecule has 0 radical (unpaired) electrons. The third-order valence-corrected chi connectivity index (χ3v) is 10.9. The van der Waals surface area contributed by atoms with Crippen LogP contribution in [0.3, 0.4) is 0 Å². The van der Waals surface area contributed by atoms with Gasteiger partial charge in [0.2, 0.25) is 5.91 Å². The van der Waals surface area contributed by atoms with Gasteiger partial charge in [-0.3, -0.25) is 19.3 Å². The average molecular weight is 796 g/mol. The van der Waals surface area contributed by atoms with Gasteiger partial charge in [-0.15, -0.1) is 23.1 Å². The number of hydrogen-bond donors (Lipinski definition) is 3. The second-order valence-electron chi connectivity index (χ2n) is 11.9. The highest BCUT2D eigenvalue weighted by Gasteiger charge is 2.29. The summed E-state index contributed by atoms with van der Waals surface area (Å²) in [6.07, 6.45) is 2.29. The minimum absolute atomic E-state index is 0.0665. The Balaban J connectivity index is 1.11. The van der Waals surface area contributed by atoms with E-state index in [2.05, 4.69) is 48.9 Å². The third-order valence-electron chi connectivity index (χ3n) is 8.20. The molecular weight excluding hydrogens is 761 g/mol. The predicted octanol–water partition coefficient (Wildman–Crippen LogP) is 8.00. The van der Waals surface area contributed by atoms with Crippen molar-refractivity contribution in [2.24, 2.45) is 0 Å². The fourth-order valence-corrected chi connectivity index (χ4v) is 7.99. The molecule has 0 fully saturated rings. The van der Waals surface area contributed by atoms with Gasteiger partial charge in [0.05, 0.1) is 18.4 Å². The Morgan fingerprint density at radius 1 is 0.904 bits per heavy atom. The number of hydrogen-bond acceptors (Lipinski definition) is 8. The van der Waals surface area contributed by atoms with E-state index in [-0.39, 0.29) is 17.4 Å². The molecule has 0 saturated heterocycles. The topological polar surface area (TPSA) is 117 Å². The number of rotatable bonds is 12. The Kier molecular flexibility index (Phi) is 12.4. The van der Waals surface area contributed by atoms with E-state index in [1.54, 1.807) is 48.5 Å². The molecule has 5 aromatic rings. The predicted molar refractivity (Wildman–Crippen MR) is 210 cm³/mol. The molecule has 3 amide bonds. The van der Waals surface area contributed by atoms with E-state index >= 15 is 0 Å². The summed E-state index contributed by atoms with van der Waals surface area (Å²) in [6.45, 7) is 2.27. The molecule has 52 heavy (non-hydrogen) atoms. The highest BCUT2D eigenvalue weighted by molar-refractivity contribution is 9.10. The number of carbonyl (C=O) groups is 4. The van der Waals surface area contributed by atoms with Crippen molar-refractivity contribution >= 4 is 79.5 Å². The fourth-order valence-electron chi connectivity index (χ4n) is 5.68. The Hall–Kier alpha value is -5.01. The zero-order valence-corrected chi connectivity index (χ0v) is 31.4. The fraction of sp³-hybridized carbons (Fsp3) is 0.150. The Bertz CT molecular complexity index is 2100. The van der Waals surface area contributed by atoms with E-state index in [1.807, 2.05) is 54.6 Å². The van der Waals surface area contributed by atoms with Crippen LogP contribution in [0.5, 0.6) is 0 Å². The largest absolute Gasteiger partial charge is 0.465 e. The number of ether oxygens (including phenoxy) is 1. The van der Waals surface area contributed by atoms with Crippen LogP contribution in [-0.4, -0.2) is 48.0 Å². The number of esters is 1. The van der Waals surface area contributed by atoms with Crippen LogP contribution in [-0.2, 0) is 33.8 Å². The van der Waals surface area contributed by atoms with Crippen molar-refractivity contribution in [1.29, 1.82) is 0 Å². The second-order valence-corrected chi connectivity index (χ2v) is 15.0. The van der Waals surface area contributed by atoms with E-state index in [0.29, 0.717) is 34.8 Å². The Morgan fingerprint density at radius 2 is 1.63 bits per heavy atom. The number of thioether (sulfide) groups is 1. The summed E-state index contributed by atoms with van der Waals surface area (Å²) in [6, 6.07) is 33.4. The molecule has 3 N–H and O–H groups in total. The molecule has 0 saturated carbocycles. The molecule has 0 spiro atoms. The summed E-state index contributed by atoms with van der Waals surface area (Å²) in [7, 11) is 1.35. The first-order chi connectivity index (χ1) is 25.2. The molecule has 0 bridgehead atoms. The molecule has 12 heteroatoms. The van der Waals surface area contributed by atoms with Crippen molar-refractivity contribution in [3.05, 3.63) is 152 Å². The lowest BCUT2D eigenvalue weighted by atomic mass is 10.0. The van der Waals surface area contributed by atoms with Crippen LogP contribution in [0.4, 0.5) is 10.7 Å². The molecule has 2 heterocycles. The number of amides is 3. The lowest BCUT2D eigenvalue weighted by Gasteiger charge is -2.27. The number of nitrogens with one attached hydrogen (secondary N) is 3. The highest BCUT2D eigenvalue weighted by Crippen LogP contribution is 2.38. The molecule has 0 unspecified atom stereocenters. The summed E-state index contributed by atoms with van der Waals surface area (Å²) in [5.74, 6) is -1.59. The molecule has 1 aliphatic heterocycles. The number of benzene rings is 4. The van der Waals surface area contributed by atoms with Gasteiger partial charge in [0.15, 0.2) is 0 Å². The molecule has 1 aliphatic rings. The SMILES string of the molecule is COC(=O)c1c(NC(=O)CSc2cccc(NC(=O)/C(=C\c3ccc(Br)cc3)NC(=O)c3ccccc3)c2)sc2c1CCN(Cc1ccccc1)C2. The molecule has 0 atom stereocenters. The monoisotopic (exact) mass is 794 g/mol. The quantitative estimate of drug-likeness (QED) is 0.0666. The number of thiophene rings is 1. The van der Waals surface area contributed by atoms with Crippen LogP contribution in [0.2, 0.25) is 0 Å². The summed E-state index contributed by atoms with van der Waals surface area (Å²) in [4.78, 5) is 56.7. The van der Waals surface area contributed by atoms with Gasteiger partial charge >= 0.3 is 5.97 Å². The van der Waals surface area contributed by atoms with Crippen molar-refractivity contribution < 1.29 is 23.9 Å². The number of carbonyl (C=O) groups excluding carboxylic acids is 4. The van der Waals surface area contributed by atoms with E-state index in [1.165, 1.54) is 35.8 Å². The van der Waals surface area contributed by atoms with Gasteiger partial charge in [-0.05, 0) is 71.7 Å². The van der Waals surface area contributed by atoms with Crippen molar-refractivity contribution in [1.82, 2.24) is 10.2 Å². The standard InChI is InChI=1S/C40H35BrN4O5S2/c1-50-40(49)36-32-19-20-45(23-27-9-4-2-5-10-27)24-34(32)52-39(36)44-35(46)25-51-31-14-8-13-30(22-31)42-38(48)33(21-26-15-17-29(41)18-16-26)43-37(47)28-11-6-3-7-12-28/h2-18,21-22H,19-20,23-25H2,1H3,(H,42,48)(H,43,47)(H,44,46)/b33-21+. The van der Waals surface area contributed by atoms with Gasteiger partial charge in [-0.1, -0.05) is 82.7 Å². The smallest absolute Gasteiger partial charge is 0.341 e. The Morgan fingerprint density at radius 3 is 2.37 bits per heavy atom. The van der Waals surface area contributed by atoms with Gasteiger partial charge in [-0.2, -0.15) is 0 Å². The van der Waals surface area contributed by atoms with Crippen LogP contribution in [0, 0.1) is 0 Å². The molecular formula is C40H35BrN4O5S2. The summed E-state index contributed by atoms with van der Waals surface area (Å²) < 4.78 is 6.00. The van der Waals surface area contributed by atoms with Gasteiger partial charge in [0.1, 0.15) is 10.7 Å². The van der Waals surface area contributed by atoms with Crippen molar-refractivity contribution in [2.75, 3.05) is 30.0 Å². The summed E-state index contributed by atoms with van der Waals surface area (Å²) in [5, 5.41) is 9.07. The molecule has 0 aliphatic carbocycles. The zero-order chi connectivity index (χ0) is 36.5. The van der Waals surface area contributed by atoms with Crippen LogP contribution in [0.25, 0.3) is 6.08 Å². The lowest BCUT2D eigenvalue weighted by molar-refractivity contribution is -0.114. The summed E-state index contributed by atoms with van der Waals surface area (Å²) >= 11 is 6.13. The van der Waals surface area contributed by atoms with Crippen molar-refractivity contribution in [3.8, 4) is 0 Å². The highest BCUT2D eigenvalue weighted by atomic mass is 79.9. The maximum Gasteiger partial charge on any atom is 0.341 e. The maximum absolute atomic E-state index is 13.5. The van der Waals surface area contributed by atoms with E-state index in [9.17, 15) is 19.2 Å². The number of nitrogens with zero attached hydrogens (tertiary/aromatic N) is 1. The van der Waals surface area contributed by atoms with Crippen LogP contribution >= 0.6 is 39.0 Å². The minimum Gasteiger partial charge on any atom is -0.465 e. The molecule has 6 rings (SSSR count). The molecule has 9 nitrogen and oxygen atoms in total. The molecule has 1 aromatic heterocycles. The third kappa shape index (κ3) is 9.65. The first kappa shape index (κ1) is 36.8. The van der Waals surface area contributed by atoms with Gasteiger partial charge in [0, 0.05) is 45.1 Å². The van der Waals surface area contributed by atoms with Crippen molar-refractivity contribution in [2.45, 2.75) is 24.4 Å². The van der Waals surface area contributed by atoms with E-state index < -0.39 is 17.8 Å².